The molecule has 0 aromatic carbocycles. The van der Waals surface area contributed by atoms with Crippen molar-refractivity contribution in [2.24, 2.45) is 0 Å². The first-order valence-electron chi connectivity index (χ1n) is 2.89. The predicted molar refractivity (Wildman–Crippen MR) is 29.1 cm³/mol. The van der Waals surface area contributed by atoms with Crippen LogP contribution >= 0.6 is 0 Å². The van der Waals surface area contributed by atoms with Gasteiger partial charge in [0.1, 0.15) is 5.83 Å². The van der Waals surface area contributed by atoms with E-state index in [1.807, 2.05) is 6.58 Å². The van der Waals surface area contributed by atoms with Crippen molar-refractivity contribution >= 4 is 0 Å². The van der Waals surface area contributed by atoms with E-state index in [1.165, 1.54) is 0 Å². The van der Waals surface area contributed by atoms with E-state index in [2.05, 4.69) is 0 Å². The first-order valence-corrected chi connectivity index (χ1v) is 2.89. The van der Waals surface area contributed by atoms with Gasteiger partial charge in [-0.1, -0.05) is 11.5 Å². The third-order valence-corrected chi connectivity index (χ3v) is 1.03. The smallest absolute Gasteiger partial charge is 0.222 e. The van der Waals surface area contributed by atoms with Gasteiger partial charge in [0.2, 0.25) is 6.30 Å². The number of hydrogen-bond donors (Lipinski definition) is 0. The highest BCUT2D eigenvalue weighted by Crippen LogP contribution is 2.37. The lowest BCUT2D eigenvalue weighted by Crippen LogP contribution is -2.52. The molecule has 0 fully saturated rings. The largest absolute Gasteiger partial charge is 0.469 e. The summed E-state index contributed by atoms with van der Waals surface area (Å²) in [6, 6.07) is 0. The second-order valence-corrected chi connectivity index (χ2v) is 2.09. The average Bonchev–Trinajstić information content (AvgIpc) is 1.79. The standard InChI is InChI=1S/C5H3F8N/c1-2(6)3(7)14(4(8,9)10)5(11,12)13/h3H,1H2. The first-order chi connectivity index (χ1) is 5.98. The predicted octanol–water partition coefficient (Wildman–Crippen LogP) is 3.11. The molecule has 0 aromatic heterocycles. The molecule has 0 saturated heterocycles. The molecule has 14 heavy (non-hydrogen) atoms. The SMILES string of the molecule is C=C(F)C(F)N(C(F)(F)F)C(F)(F)F. The lowest BCUT2D eigenvalue weighted by molar-refractivity contribution is -0.393. The Labute approximate surface area is 72.6 Å². The summed E-state index contributed by atoms with van der Waals surface area (Å²) in [4.78, 5) is -2.53. The number of alkyl halides is 7. The van der Waals surface area contributed by atoms with Gasteiger partial charge in [0.15, 0.2) is 0 Å². The van der Waals surface area contributed by atoms with Crippen molar-refractivity contribution in [1.29, 1.82) is 0 Å². The van der Waals surface area contributed by atoms with Crippen molar-refractivity contribution in [3.63, 3.8) is 0 Å². The van der Waals surface area contributed by atoms with Crippen LogP contribution in [0.15, 0.2) is 12.4 Å². The maximum absolute atomic E-state index is 12.2. The van der Waals surface area contributed by atoms with Crippen LogP contribution in [0.5, 0.6) is 0 Å². The highest BCUT2D eigenvalue weighted by atomic mass is 19.4. The fourth-order valence-electron chi connectivity index (χ4n) is 0.541. The molecule has 0 aliphatic carbocycles. The third-order valence-electron chi connectivity index (χ3n) is 1.03. The molecule has 0 aliphatic rings. The van der Waals surface area contributed by atoms with Crippen molar-refractivity contribution in [2.45, 2.75) is 18.9 Å². The van der Waals surface area contributed by atoms with Crippen LogP contribution in [-0.4, -0.2) is 23.8 Å². The van der Waals surface area contributed by atoms with Gasteiger partial charge in [-0.05, 0) is 0 Å². The summed E-state index contributed by atoms with van der Waals surface area (Å²) in [5.74, 6) is -2.38. The molecule has 0 heterocycles. The minimum atomic E-state index is -6.06. The lowest BCUT2D eigenvalue weighted by atomic mass is 10.5. The van der Waals surface area contributed by atoms with Gasteiger partial charge in [-0.2, -0.15) is 26.3 Å². The number of nitrogens with zero attached hydrogens (tertiary/aromatic N) is 1. The number of hydrogen-bond acceptors (Lipinski definition) is 1. The molecular weight excluding hydrogens is 226 g/mol. The van der Waals surface area contributed by atoms with Gasteiger partial charge >= 0.3 is 12.6 Å². The maximum Gasteiger partial charge on any atom is 0.469 e. The van der Waals surface area contributed by atoms with Crippen molar-refractivity contribution in [1.82, 2.24) is 4.90 Å². The van der Waals surface area contributed by atoms with Crippen LogP contribution in [0.2, 0.25) is 0 Å². The van der Waals surface area contributed by atoms with Gasteiger partial charge in [0, 0.05) is 0 Å². The van der Waals surface area contributed by atoms with Gasteiger partial charge < -0.3 is 0 Å². The topological polar surface area (TPSA) is 3.24 Å². The van der Waals surface area contributed by atoms with Crippen molar-refractivity contribution < 1.29 is 35.1 Å². The molecule has 1 unspecified atom stereocenters. The van der Waals surface area contributed by atoms with E-state index in [9.17, 15) is 35.1 Å². The Morgan fingerprint density at radius 2 is 1.29 bits per heavy atom. The Hall–Kier alpha value is -0.860. The van der Waals surface area contributed by atoms with Gasteiger partial charge in [-0.25, -0.2) is 8.78 Å². The zero-order valence-corrected chi connectivity index (χ0v) is 6.26. The molecular formula is C5H3F8N. The van der Waals surface area contributed by atoms with E-state index in [-0.39, 0.29) is 0 Å². The highest BCUT2D eigenvalue weighted by Gasteiger charge is 2.58. The summed E-state index contributed by atoms with van der Waals surface area (Å²) in [6.07, 6.45) is -16.1. The third kappa shape index (κ3) is 3.13. The van der Waals surface area contributed by atoms with E-state index in [0.29, 0.717) is 0 Å². The van der Waals surface area contributed by atoms with Crippen LogP contribution in [0.4, 0.5) is 35.1 Å². The fraction of sp³-hybridized carbons (Fsp3) is 0.600. The normalized spacial score (nSPS) is 15.8. The molecule has 9 heteroatoms. The molecule has 0 amide bonds. The van der Waals surface area contributed by atoms with Crippen LogP contribution in [0, 0.1) is 0 Å². The molecule has 0 spiro atoms. The van der Waals surface area contributed by atoms with Crippen LogP contribution in [-0.2, 0) is 0 Å². The monoisotopic (exact) mass is 229 g/mol. The van der Waals surface area contributed by atoms with Crippen molar-refractivity contribution in [3.8, 4) is 0 Å². The summed E-state index contributed by atoms with van der Waals surface area (Å²) in [7, 11) is 0. The van der Waals surface area contributed by atoms with Crippen molar-refractivity contribution in [3.05, 3.63) is 12.4 Å². The molecule has 1 nitrogen and oxygen atoms in total. The number of halogens is 8. The summed E-state index contributed by atoms with van der Waals surface area (Å²) in [5, 5.41) is 0. The van der Waals surface area contributed by atoms with Gasteiger partial charge in [-0.3, -0.25) is 0 Å². The highest BCUT2D eigenvalue weighted by molar-refractivity contribution is 4.91. The molecule has 0 aliphatic heterocycles. The molecule has 0 bridgehead atoms. The average molecular weight is 229 g/mol. The van der Waals surface area contributed by atoms with Gasteiger partial charge in [-0.15, -0.1) is 0 Å². The molecule has 0 aromatic rings. The Morgan fingerprint density at radius 3 is 1.36 bits per heavy atom. The molecule has 1 atom stereocenters. The van der Waals surface area contributed by atoms with Gasteiger partial charge in [0.25, 0.3) is 0 Å². The van der Waals surface area contributed by atoms with Crippen molar-refractivity contribution in [2.75, 3.05) is 0 Å². The van der Waals surface area contributed by atoms with Crippen LogP contribution in [0.25, 0.3) is 0 Å². The first kappa shape index (κ1) is 13.1. The summed E-state index contributed by atoms with van der Waals surface area (Å²) in [5.41, 5.74) is 0. The summed E-state index contributed by atoms with van der Waals surface area (Å²) >= 11 is 0. The Morgan fingerprint density at radius 1 is 1.00 bits per heavy atom. The zero-order valence-electron chi connectivity index (χ0n) is 6.26. The molecule has 0 rings (SSSR count). The van der Waals surface area contributed by atoms with E-state index in [4.69, 9.17) is 0 Å². The Kier molecular flexibility index (Phi) is 3.49. The van der Waals surface area contributed by atoms with Crippen LogP contribution < -0.4 is 0 Å². The quantitative estimate of drug-likeness (QED) is 0.519. The Balaban J connectivity index is 5.03. The minimum absolute atomic E-state index is 2.02. The Bertz CT molecular complexity index is 201. The van der Waals surface area contributed by atoms with E-state index >= 15 is 0 Å². The zero-order chi connectivity index (χ0) is 11.7. The molecule has 0 saturated carbocycles. The molecule has 84 valence electrons. The minimum Gasteiger partial charge on any atom is -0.222 e. The van der Waals surface area contributed by atoms with Crippen LogP contribution in [0.1, 0.15) is 0 Å². The lowest BCUT2D eigenvalue weighted by Gasteiger charge is -2.28. The van der Waals surface area contributed by atoms with E-state index < -0.39 is 29.6 Å². The fourth-order valence-corrected chi connectivity index (χ4v) is 0.541. The van der Waals surface area contributed by atoms with Crippen LogP contribution in [0.3, 0.4) is 0 Å². The molecule has 0 N–H and O–H groups in total. The number of rotatable bonds is 2. The second kappa shape index (κ2) is 3.71. The maximum atomic E-state index is 12.2. The van der Waals surface area contributed by atoms with E-state index in [1.54, 1.807) is 0 Å². The second-order valence-electron chi connectivity index (χ2n) is 2.09. The van der Waals surface area contributed by atoms with E-state index in [0.717, 1.165) is 0 Å². The molecule has 0 radical (unpaired) electrons. The summed E-state index contributed by atoms with van der Waals surface area (Å²) < 4.78 is 93.5. The van der Waals surface area contributed by atoms with Gasteiger partial charge in [0.05, 0.1) is 0 Å². The summed E-state index contributed by atoms with van der Waals surface area (Å²) in [6.45, 7) is 2.02.